The lowest BCUT2D eigenvalue weighted by molar-refractivity contribution is -0.137. The van der Waals surface area contributed by atoms with Crippen LogP contribution in [0, 0.1) is 0 Å². The summed E-state index contributed by atoms with van der Waals surface area (Å²) < 4.78 is 6.29. The first-order valence-electron chi connectivity index (χ1n) is 13.5. The highest BCUT2D eigenvalue weighted by Crippen LogP contribution is 2.32. The Morgan fingerprint density at radius 3 is 2.39 bits per heavy atom. The van der Waals surface area contributed by atoms with Crippen molar-refractivity contribution in [3.8, 4) is 0 Å². The molecule has 0 radical (unpaired) electrons. The maximum Gasteiger partial charge on any atom is 0.290 e. The van der Waals surface area contributed by atoms with Crippen molar-refractivity contribution < 1.29 is 29.0 Å². The maximum absolute atomic E-state index is 12.9. The number of nitrogens with zero attached hydrogens (tertiary/aromatic N) is 4. The molecular formula is C26H36N6O6. The Hall–Kier alpha value is -3.09. The van der Waals surface area contributed by atoms with Crippen molar-refractivity contribution in [3.05, 3.63) is 23.4 Å². The van der Waals surface area contributed by atoms with E-state index in [-0.39, 0.29) is 24.7 Å². The number of nitrogens with one attached hydrogen (secondary N) is 2. The first-order chi connectivity index (χ1) is 18.5. The highest BCUT2D eigenvalue weighted by molar-refractivity contribution is 6.05. The fourth-order valence-electron chi connectivity index (χ4n) is 6.07. The number of piperidine rings is 2. The van der Waals surface area contributed by atoms with Crippen molar-refractivity contribution in [2.24, 2.45) is 0 Å². The lowest BCUT2D eigenvalue weighted by atomic mass is 9.87. The van der Waals surface area contributed by atoms with Gasteiger partial charge in [0.25, 0.3) is 12.4 Å². The van der Waals surface area contributed by atoms with E-state index in [1.807, 2.05) is 12.1 Å². The monoisotopic (exact) mass is 528 g/mol. The number of hydrogen-bond acceptors (Lipinski definition) is 9. The summed E-state index contributed by atoms with van der Waals surface area (Å²) in [6.07, 6.45) is 6.01. The van der Waals surface area contributed by atoms with E-state index in [1.165, 1.54) is 0 Å². The summed E-state index contributed by atoms with van der Waals surface area (Å²) in [7, 11) is 0. The average molecular weight is 529 g/mol. The van der Waals surface area contributed by atoms with Gasteiger partial charge in [0.15, 0.2) is 0 Å². The van der Waals surface area contributed by atoms with E-state index in [9.17, 15) is 14.4 Å². The predicted octanol–water partition coefficient (Wildman–Crippen LogP) is -0.0350. The number of rotatable bonds is 5. The standard InChI is InChI=1S/C25H34N6O4.CH2O2/c32-23-4-2-21(24(33)28-23)31-15-20-19(25(31)34)1-3-22(27-20)30-11-9-29(10-12-30)16-13-18(14-16)35-17-5-7-26-8-6-17;2-1-3/h1,3,16-18,21,26H,2,4-15H2,(H,28,32,33);1H,(H,2,3). The minimum Gasteiger partial charge on any atom is -0.483 e. The molecule has 5 aliphatic rings. The quantitative estimate of drug-likeness (QED) is 0.352. The van der Waals surface area contributed by atoms with Crippen molar-refractivity contribution in [1.29, 1.82) is 0 Å². The van der Waals surface area contributed by atoms with Crippen molar-refractivity contribution in [2.45, 2.75) is 69.4 Å². The zero-order valence-electron chi connectivity index (χ0n) is 21.5. The number of ether oxygens (including phenoxy) is 1. The van der Waals surface area contributed by atoms with Gasteiger partial charge in [-0.25, -0.2) is 4.98 Å². The highest BCUT2D eigenvalue weighted by Gasteiger charge is 2.40. The van der Waals surface area contributed by atoms with E-state index in [4.69, 9.17) is 19.6 Å². The second-order valence-electron chi connectivity index (χ2n) is 10.5. The Kier molecular flexibility index (Phi) is 8.20. The van der Waals surface area contributed by atoms with Gasteiger partial charge in [0.2, 0.25) is 11.8 Å². The SMILES string of the molecule is O=C1CCC(N2Cc3nc(N4CCN(C5CC(OC6CCNCC6)C5)CC4)ccc3C2=O)C(=O)N1.O=CO. The maximum atomic E-state index is 12.9. The number of pyridine rings is 1. The van der Waals surface area contributed by atoms with Gasteiger partial charge in [-0.15, -0.1) is 0 Å². The Morgan fingerprint density at radius 1 is 1.00 bits per heavy atom. The lowest BCUT2D eigenvalue weighted by Crippen LogP contribution is -2.56. The summed E-state index contributed by atoms with van der Waals surface area (Å²) in [6.45, 7) is 6.04. The summed E-state index contributed by atoms with van der Waals surface area (Å²) in [5.74, 6) is 0.0477. The number of carbonyl (C=O) groups is 4. The van der Waals surface area contributed by atoms with E-state index in [0.29, 0.717) is 36.8 Å². The third-order valence-corrected chi connectivity index (χ3v) is 8.25. The molecule has 206 valence electrons. The molecule has 4 aliphatic heterocycles. The molecule has 3 saturated heterocycles. The van der Waals surface area contributed by atoms with Crippen LogP contribution in [-0.2, 0) is 25.7 Å². The molecule has 12 nitrogen and oxygen atoms in total. The molecule has 3 amide bonds. The van der Waals surface area contributed by atoms with Crippen LogP contribution in [0.15, 0.2) is 12.1 Å². The van der Waals surface area contributed by atoms with Crippen LogP contribution < -0.4 is 15.5 Å². The molecule has 1 unspecified atom stereocenters. The van der Waals surface area contributed by atoms with E-state index in [0.717, 1.165) is 76.5 Å². The number of fused-ring (bicyclic) bond motifs is 1. The number of anilines is 1. The van der Waals surface area contributed by atoms with E-state index in [2.05, 4.69) is 20.4 Å². The van der Waals surface area contributed by atoms with Gasteiger partial charge in [-0.05, 0) is 57.3 Å². The third-order valence-electron chi connectivity index (χ3n) is 8.25. The number of amides is 3. The first kappa shape index (κ1) is 26.5. The number of carboxylic acid groups (broad SMARTS) is 1. The molecule has 0 bridgehead atoms. The molecule has 6 rings (SSSR count). The summed E-state index contributed by atoms with van der Waals surface area (Å²) >= 11 is 0. The number of carbonyl (C=O) groups excluding carboxylic acids is 3. The fraction of sp³-hybridized carbons (Fsp3) is 0.654. The van der Waals surface area contributed by atoms with Gasteiger partial charge in [-0.2, -0.15) is 0 Å². The Labute approximate surface area is 221 Å². The summed E-state index contributed by atoms with van der Waals surface area (Å²) in [6, 6.07) is 3.78. The number of aromatic nitrogens is 1. The zero-order chi connectivity index (χ0) is 26.6. The smallest absolute Gasteiger partial charge is 0.290 e. The van der Waals surface area contributed by atoms with Crippen LogP contribution >= 0.6 is 0 Å². The van der Waals surface area contributed by atoms with Crippen molar-refractivity contribution in [3.63, 3.8) is 0 Å². The van der Waals surface area contributed by atoms with Crippen LogP contribution in [0.2, 0.25) is 0 Å². The Bertz CT molecular complexity index is 1050. The van der Waals surface area contributed by atoms with E-state index < -0.39 is 11.9 Å². The van der Waals surface area contributed by atoms with Gasteiger partial charge in [0, 0.05) is 38.6 Å². The molecule has 1 saturated carbocycles. The molecular weight excluding hydrogens is 492 g/mol. The third kappa shape index (κ3) is 5.67. The highest BCUT2D eigenvalue weighted by atomic mass is 16.5. The van der Waals surface area contributed by atoms with Gasteiger partial charge < -0.3 is 25.0 Å². The fourth-order valence-corrected chi connectivity index (χ4v) is 6.07. The van der Waals surface area contributed by atoms with Gasteiger partial charge in [0.05, 0.1) is 30.0 Å². The van der Waals surface area contributed by atoms with Crippen molar-refractivity contribution in [2.75, 3.05) is 44.2 Å². The number of piperazine rings is 1. The van der Waals surface area contributed by atoms with Gasteiger partial charge in [0.1, 0.15) is 11.9 Å². The van der Waals surface area contributed by atoms with Crippen LogP contribution in [0.4, 0.5) is 5.82 Å². The van der Waals surface area contributed by atoms with Crippen LogP contribution in [0.5, 0.6) is 0 Å². The molecule has 12 heteroatoms. The largest absolute Gasteiger partial charge is 0.483 e. The minimum atomic E-state index is -0.605. The van der Waals surface area contributed by atoms with E-state index >= 15 is 0 Å². The van der Waals surface area contributed by atoms with Crippen LogP contribution in [0.25, 0.3) is 0 Å². The summed E-state index contributed by atoms with van der Waals surface area (Å²) in [5.41, 5.74) is 1.28. The Morgan fingerprint density at radius 2 is 1.71 bits per heavy atom. The van der Waals surface area contributed by atoms with Crippen LogP contribution in [0.1, 0.15) is 54.6 Å². The average Bonchev–Trinajstić information content (AvgIpc) is 3.22. The molecule has 0 aromatic carbocycles. The first-order valence-corrected chi connectivity index (χ1v) is 13.5. The molecule has 5 heterocycles. The van der Waals surface area contributed by atoms with Gasteiger partial charge in [-0.1, -0.05) is 0 Å². The predicted molar refractivity (Wildman–Crippen MR) is 137 cm³/mol. The Balaban J connectivity index is 0.000000937. The van der Waals surface area contributed by atoms with E-state index in [1.54, 1.807) is 4.90 Å². The number of hydrogen-bond donors (Lipinski definition) is 3. The second-order valence-corrected chi connectivity index (χ2v) is 10.5. The molecule has 1 aromatic heterocycles. The molecule has 1 aromatic rings. The van der Waals surface area contributed by atoms with Crippen LogP contribution in [-0.4, -0.2) is 108 Å². The molecule has 4 fully saturated rings. The summed E-state index contributed by atoms with van der Waals surface area (Å²) in [5, 5.41) is 12.6. The van der Waals surface area contributed by atoms with Crippen molar-refractivity contribution in [1.82, 2.24) is 25.4 Å². The second kappa shape index (κ2) is 11.7. The molecule has 1 atom stereocenters. The topological polar surface area (TPSA) is 144 Å². The van der Waals surface area contributed by atoms with Crippen molar-refractivity contribution >= 4 is 30.0 Å². The molecule has 38 heavy (non-hydrogen) atoms. The number of imide groups is 1. The molecule has 0 spiro atoms. The molecule has 1 aliphatic carbocycles. The normalized spacial score (nSPS) is 28.2. The molecule has 3 N–H and O–H groups in total. The lowest BCUT2D eigenvalue weighted by Gasteiger charge is -2.47. The summed E-state index contributed by atoms with van der Waals surface area (Å²) in [4.78, 5) is 56.3. The van der Waals surface area contributed by atoms with Gasteiger partial charge in [-0.3, -0.25) is 29.4 Å². The van der Waals surface area contributed by atoms with Crippen LogP contribution in [0.3, 0.4) is 0 Å². The minimum absolute atomic E-state index is 0.176. The zero-order valence-corrected chi connectivity index (χ0v) is 21.5. The van der Waals surface area contributed by atoms with Gasteiger partial charge >= 0.3 is 0 Å².